The number of rotatable bonds is 2. The van der Waals surface area contributed by atoms with E-state index >= 15 is 0 Å². The summed E-state index contributed by atoms with van der Waals surface area (Å²) in [5.74, 6) is -0.443. The van der Waals surface area contributed by atoms with Gasteiger partial charge in [-0.15, -0.1) is 5.75 Å². The quantitative estimate of drug-likeness (QED) is 0.478. The largest absolute Gasteiger partial charge is 1.00 e. The molecule has 0 heterocycles. The van der Waals surface area contributed by atoms with Crippen LogP contribution in [-0.4, -0.2) is 5.91 Å². The summed E-state index contributed by atoms with van der Waals surface area (Å²) in [6, 6.07) is 6.04. The van der Waals surface area contributed by atoms with E-state index in [1.807, 2.05) is 0 Å². The van der Waals surface area contributed by atoms with Gasteiger partial charge in [0.25, 0.3) is 0 Å². The number of benzene rings is 1. The second-order valence-electron chi connectivity index (χ2n) is 2.29. The van der Waals surface area contributed by atoms with Gasteiger partial charge in [0.2, 0.25) is 5.91 Å². The van der Waals surface area contributed by atoms with Crippen LogP contribution in [0.5, 0.6) is 5.75 Å². The standard InChI is InChI=1S/C8H9NO2.Na/c9-8(11)5-6-1-3-7(10)4-2-6;/h1-4,10H,5H2,(H2,9,11);/q;+1/p-1. The van der Waals surface area contributed by atoms with Crippen LogP contribution in [0.4, 0.5) is 0 Å². The Labute approximate surface area is 92.9 Å². The number of carbonyl (C=O) groups is 1. The molecular weight excluding hydrogens is 165 g/mol. The van der Waals surface area contributed by atoms with E-state index in [2.05, 4.69) is 0 Å². The molecule has 2 N–H and O–H groups in total. The Hall–Kier alpha value is -0.510. The van der Waals surface area contributed by atoms with Crippen molar-refractivity contribution in [2.45, 2.75) is 6.42 Å². The van der Waals surface area contributed by atoms with Gasteiger partial charge in [0.15, 0.2) is 0 Å². The molecular formula is C8H8NNaO2. The molecule has 0 aliphatic heterocycles. The molecule has 0 aromatic heterocycles. The third-order valence-corrected chi connectivity index (χ3v) is 1.30. The fourth-order valence-electron chi connectivity index (χ4n) is 0.808. The molecule has 58 valence electrons. The van der Waals surface area contributed by atoms with Crippen molar-refractivity contribution in [1.29, 1.82) is 0 Å². The molecule has 3 nitrogen and oxygen atoms in total. The molecule has 0 unspecified atom stereocenters. The molecule has 1 rings (SSSR count). The minimum atomic E-state index is -0.386. The minimum absolute atomic E-state index is 0. The van der Waals surface area contributed by atoms with E-state index < -0.39 is 0 Å². The smallest absolute Gasteiger partial charge is 0.872 e. The Bertz CT molecular complexity index is 258. The van der Waals surface area contributed by atoms with Gasteiger partial charge < -0.3 is 10.8 Å². The van der Waals surface area contributed by atoms with Crippen LogP contribution in [0.3, 0.4) is 0 Å². The zero-order valence-corrected chi connectivity index (χ0v) is 8.91. The molecule has 0 fully saturated rings. The Morgan fingerprint density at radius 1 is 1.33 bits per heavy atom. The average molecular weight is 173 g/mol. The summed E-state index contributed by atoms with van der Waals surface area (Å²) in [4.78, 5) is 10.4. The maximum Gasteiger partial charge on any atom is 1.00 e. The Balaban J connectivity index is 0.00000121. The predicted octanol–water partition coefficient (Wildman–Crippen LogP) is -3.21. The number of nitrogens with two attached hydrogens (primary N) is 1. The maximum absolute atomic E-state index is 10.6. The molecule has 0 saturated heterocycles. The van der Waals surface area contributed by atoms with E-state index in [1.165, 1.54) is 12.1 Å². The van der Waals surface area contributed by atoms with Crippen LogP contribution in [0.1, 0.15) is 5.56 Å². The maximum atomic E-state index is 10.6. The Kier molecular flexibility index (Phi) is 4.97. The molecule has 4 heteroatoms. The van der Waals surface area contributed by atoms with Crippen LogP contribution < -0.4 is 40.4 Å². The zero-order chi connectivity index (χ0) is 8.27. The molecule has 0 radical (unpaired) electrons. The van der Waals surface area contributed by atoms with Crippen molar-refractivity contribution in [1.82, 2.24) is 0 Å². The first-order chi connectivity index (χ1) is 5.18. The number of hydrogen-bond acceptors (Lipinski definition) is 2. The van der Waals surface area contributed by atoms with Crippen LogP contribution in [-0.2, 0) is 11.2 Å². The molecule has 0 aliphatic rings. The van der Waals surface area contributed by atoms with E-state index in [4.69, 9.17) is 5.73 Å². The molecule has 12 heavy (non-hydrogen) atoms. The molecule has 0 saturated carbocycles. The van der Waals surface area contributed by atoms with Crippen molar-refractivity contribution in [2.24, 2.45) is 5.73 Å². The fraction of sp³-hybridized carbons (Fsp3) is 0.125. The van der Waals surface area contributed by atoms with Crippen molar-refractivity contribution in [3.8, 4) is 5.75 Å². The van der Waals surface area contributed by atoms with Crippen molar-refractivity contribution >= 4 is 5.91 Å². The van der Waals surface area contributed by atoms with Gasteiger partial charge in [0, 0.05) is 0 Å². The predicted molar refractivity (Wildman–Crippen MR) is 38.8 cm³/mol. The second kappa shape index (κ2) is 5.19. The van der Waals surface area contributed by atoms with Gasteiger partial charge in [-0.25, -0.2) is 0 Å². The molecule has 1 aromatic rings. The van der Waals surface area contributed by atoms with Gasteiger partial charge in [0.1, 0.15) is 0 Å². The summed E-state index contributed by atoms with van der Waals surface area (Å²) in [6.07, 6.45) is 0.195. The number of primary amides is 1. The second-order valence-corrected chi connectivity index (χ2v) is 2.29. The van der Waals surface area contributed by atoms with Crippen molar-refractivity contribution in [2.75, 3.05) is 0 Å². The Morgan fingerprint density at radius 3 is 2.25 bits per heavy atom. The summed E-state index contributed by atoms with van der Waals surface area (Å²) in [5, 5.41) is 10.6. The number of carbonyl (C=O) groups excluding carboxylic acids is 1. The molecule has 0 atom stereocenters. The van der Waals surface area contributed by atoms with Crippen molar-refractivity contribution in [3.63, 3.8) is 0 Å². The van der Waals surface area contributed by atoms with E-state index in [-0.39, 0.29) is 47.6 Å². The summed E-state index contributed by atoms with van der Waals surface area (Å²) in [7, 11) is 0. The molecule has 1 aromatic carbocycles. The average Bonchev–Trinajstić information content (AvgIpc) is 1.93. The molecule has 0 spiro atoms. The van der Waals surface area contributed by atoms with E-state index in [0.717, 1.165) is 5.56 Å². The SMILES string of the molecule is NC(=O)Cc1ccc([O-])cc1.[Na+]. The minimum Gasteiger partial charge on any atom is -0.872 e. The molecule has 0 bridgehead atoms. The first kappa shape index (κ1) is 11.5. The monoisotopic (exact) mass is 173 g/mol. The summed E-state index contributed by atoms with van der Waals surface area (Å²) >= 11 is 0. The van der Waals surface area contributed by atoms with E-state index in [9.17, 15) is 9.90 Å². The summed E-state index contributed by atoms with van der Waals surface area (Å²) in [6.45, 7) is 0. The van der Waals surface area contributed by atoms with E-state index in [0.29, 0.717) is 0 Å². The van der Waals surface area contributed by atoms with Crippen molar-refractivity contribution < 1.29 is 39.5 Å². The van der Waals surface area contributed by atoms with Gasteiger partial charge in [-0.2, -0.15) is 0 Å². The van der Waals surface area contributed by atoms with Gasteiger partial charge in [-0.05, 0) is 5.56 Å². The number of hydrogen-bond donors (Lipinski definition) is 1. The molecule has 1 amide bonds. The van der Waals surface area contributed by atoms with Crippen LogP contribution >= 0.6 is 0 Å². The topological polar surface area (TPSA) is 66.2 Å². The first-order valence-electron chi connectivity index (χ1n) is 3.23. The van der Waals surface area contributed by atoms with Crippen LogP contribution in [0, 0.1) is 0 Å². The first-order valence-corrected chi connectivity index (χ1v) is 3.23. The third kappa shape index (κ3) is 3.76. The van der Waals surface area contributed by atoms with Gasteiger partial charge in [-0.3, -0.25) is 4.79 Å². The fourth-order valence-corrected chi connectivity index (χ4v) is 0.808. The normalized spacial score (nSPS) is 8.67. The van der Waals surface area contributed by atoms with E-state index in [1.54, 1.807) is 12.1 Å². The third-order valence-electron chi connectivity index (χ3n) is 1.30. The summed E-state index contributed by atoms with van der Waals surface area (Å²) in [5.41, 5.74) is 5.72. The van der Waals surface area contributed by atoms with Crippen LogP contribution in [0.2, 0.25) is 0 Å². The van der Waals surface area contributed by atoms with Gasteiger partial charge in [-0.1, -0.05) is 24.3 Å². The Morgan fingerprint density at radius 2 is 1.83 bits per heavy atom. The zero-order valence-electron chi connectivity index (χ0n) is 6.91. The van der Waals surface area contributed by atoms with Crippen LogP contribution in [0.25, 0.3) is 0 Å². The molecule has 0 aliphatic carbocycles. The van der Waals surface area contributed by atoms with Gasteiger partial charge in [0.05, 0.1) is 6.42 Å². The van der Waals surface area contributed by atoms with Crippen molar-refractivity contribution in [3.05, 3.63) is 29.8 Å². The summed E-state index contributed by atoms with van der Waals surface area (Å²) < 4.78 is 0. The van der Waals surface area contributed by atoms with Crippen LogP contribution in [0.15, 0.2) is 24.3 Å². The number of amides is 1. The van der Waals surface area contributed by atoms with Gasteiger partial charge >= 0.3 is 29.6 Å².